The van der Waals surface area contributed by atoms with Crippen LogP contribution >= 0.6 is 11.3 Å². The zero-order valence-electron chi connectivity index (χ0n) is 11.1. The zero-order chi connectivity index (χ0) is 13.7. The van der Waals surface area contributed by atoms with Gasteiger partial charge in [0.1, 0.15) is 23.2 Å². The van der Waals surface area contributed by atoms with Crippen molar-refractivity contribution in [3.63, 3.8) is 0 Å². The van der Waals surface area contributed by atoms with Crippen molar-refractivity contribution in [1.82, 2.24) is 10.3 Å². The van der Waals surface area contributed by atoms with Crippen molar-refractivity contribution in [3.8, 4) is 5.75 Å². The highest BCUT2D eigenvalue weighted by Crippen LogP contribution is 2.21. The van der Waals surface area contributed by atoms with Gasteiger partial charge in [0.25, 0.3) is 0 Å². The van der Waals surface area contributed by atoms with E-state index in [0.717, 1.165) is 22.8 Å². The molecular formula is C14H17FN2OS. The Kier molecular flexibility index (Phi) is 4.87. The van der Waals surface area contributed by atoms with Crippen molar-refractivity contribution in [3.05, 3.63) is 45.7 Å². The first-order chi connectivity index (χ1) is 9.19. The van der Waals surface area contributed by atoms with Crippen LogP contribution in [0.5, 0.6) is 5.75 Å². The monoisotopic (exact) mass is 280 g/mol. The maximum atomic E-state index is 13.2. The zero-order valence-corrected chi connectivity index (χ0v) is 11.9. The molecule has 0 saturated carbocycles. The van der Waals surface area contributed by atoms with Crippen LogP contribution in [0.3, 0.4) is 0 Å². The maximum Gasteiger partial charge on any atom is 0.140 e. The Morgan fingerprint density at radius 1 is 1.42 bits per heavy atom. The predicted molar refractivity (Wildman–Crippen MR) is 75.0 cm³/mol. The summed E-state index contributed by atoms with van der Waals surface area (Å²) in [5.74, 6) is 0.459. The van der Waals surface area contributed by atoms with E-state index in [4.69, 9.17) is 4.74 Å². The molecule has 1 N–H and O–H groups in total. The van der Waals surface area contributed by atoms with Crippen molar-refractivity contribution in [2.75, 3.05) is 6.54 Å². The summed E-state index contributed by atoms with van der Waals surface area (Å²) in [6.45, 7) is 5.82. The Labute approximate surface area is 116 Å². The van der Waals surface area contributed by atoms with Gasteiger partial charge in [-0.25, -0.2) is 9.37 Å². The average molecular weight is 280 g/mol. The molecule has 0 aliphatic rings. The molecule has 2 rings (SSSR count). The lowest BCUT2D eigenvalue weighted by atomic mass is 10.2. The first kappa shape index (κ1) is 14.0. The molecule has 0 atom stereocenters. The fourth-order valence-electron chi connectivity index (χ4n) is 1.70. The highest BCUT2D eigenvalue weighted by molar-refractivity contribution is 7.09. The molecule has 2 aromatic rings. The van der Waals surface area contributed by atoms with E-state index in [1.807, 2.05) is 19.2 Å². The highest BCUT2D eigenvalue weighted by Gasteiger charge is 2.07. The highest BCUT2D eigenvalue weighted by atomic mass is 32.1. The van der Waals surface area contributed by atoms with Crippen LogP contribution in [0.15, 0.2) is 23.6 Å². The second-order valence-corrected chi connectivity index (χ2v) is 5.15. The Bertz CT molecular complexity index is 542. The fourth-order valence-corrected chi connectivity index (χ4v) is 2.38. The van der Waals surface area contributed by atoms with Crippen LogP contribution in [0.2, 0.25) is 0 Å². The molecule has 19 heavy (non-hydrogen) atoms. The van der Waals surface area contributed by atoms with E-state index in [1.54, 1.807) is 17.4 Å². The summed E-state index contributed by atoms with van der Waals surface area (Å²) in [5.41, 5.74) is 1.82. The number of rotatable bonds is 6. The number of aromatic nitrogens is 1. The lowest BCUT2D eigenvalue weighted by Gasteiger charge is -2.11. The van der Waals surface area contributed by atoms with E-state index in [0.29, 0.717) is 18.9 Å². The van der Waals surface area contributed by atoms with E-state index in [9.17, 15) is 4.39 Å². The number of thiazole rings is 1. The van der Waals surface area contributed by atoms with Gasteiger partial charge in [0.05, 0.1) is 0 Å². The smallest absolute Gasteiger partial charge is 0.140 e. The van der Waals surface area contributed by atoms with Crippen LogP contribution in [0, 0.1) is 12.7 Å². The standard InChI is InChI=1S/C14H17FN2OS/c1-3-16-7-11-6-12(15)4-5-13(11)18-8-14-17-10(2)9-19-14/h4-6,9,16H,3,7-8H2,1-2H3. The molecule has 0 spiro atoms. The van der Waals surface area contributed by atoms with E-state index in [1.165, 1.54) is 12.1 Å². The number of benzene rings is 1. The average Bonchev–Trinajstić information content (AvgIpc) is 2.81. The normalized spacial score (nSPS) is 10.7. The van der Waals surface area contributed by atoms with Gasteiger partial charge in [-0.1, -0.05) is 6.92 Å². The molecule has 0 unspecified atom stereocenters. The van der Waals surface area contributed by atoms with Gasteiger partial charge in [-0.2, -0.15) is 0 Å². The van der Waals surface area contributed by atoms with Crippen LogP contribution in [-0.2, 0) is 13.2 Å². The van der Waals surface area contributed by atoms with Crippen LogP contribution in [0.4, 0.5) is 4.39 Å². The fraction of sp³-hybridized carbons (Fsp3) is 0.357. The molecule has 0 fully saturated rings. The molecule has 102 valence electrons. The van der Waals surface area contributed by atoms with Crippen molar-refractivity contribution in [2.45, 2.75) is 27.0 Å². The number of ether oxygens (including phenoxy) is 1. The van der Waals surface area contributed by atoms with Gasteiger partial charge >= 0.3 is 0 Å². The largest absolute Gasteiger partial charge is 0.486 e. The lowest BCUT2D eigenvalue weighted by Crippen LogP contribution is -2.13. The minimum Gasteiger partial charge on any atom is -0.486 e. The summed E-state index contributed by atoms with van der Waals surface area (Å²) in [7, 11) is 0. The van der Waals surface area contributed by atoms with Crippen LogP contribution in [0.1, 0.15) is 23.2 Å². The Hall–Kier alpha value is -1.46. The quantitative estimate of drug-likeness (QED) is 0.881. The molecule has 3 nitrogen and oxygen atoms in total. The summed E-state index contributed by atoms with van der Waals surface area (Å²) in [4.78, 5) is 4.34. The molecule has 0 bridgehead atoms. The molecule has 0 aliphatic heterocycles. The lowest BCUT2D eigenvalue weighted by molar-refractivity contribution is 0.301. The molecule has 1 aromatic carbocycles. The summed E-state index contributed by atoms with van der Waals surface area (Å²) in [6.07, 6.45) is 0. The summed E-state index contributed by atoms with van der Waals surface area (Å²) >= 11 is 1.57. The predicted octanol–water partition coefficient (Wildman–Crippen LogP) is 3.28. The van der Waals surface area contributed by atoms with Crippen LogP contribution in [0.25, 0.3) is 0 Å². The van der Waals surface area contributed by atoms with Gasteiger partial charge in [0.2, 0.25) is 0 Å². The third kappa shape index (κ3) is 4.01. The third-order valence-electron chi connectivity index (χ3n) is 2.61. The first-order valence-electron chi connectivity index (χ1n) is 6.22. The molecule has 5 heteroatoms. The second-order valence-electron chi connectivity index (χ2n) is 4.20. The minimum absolute atomic E-state index is 0.245. The number of nitrogens with one attached hydrogen (secondary N) is 1. The second kappa shape index (κ2) is 6.63. The van der Waals surface area contributed by atoms with Crippen LogP contribution < -0.4 is 10.1 Å². The molecular weight excluding hydrogens is 263 g/mol. The van der Waals surface area contributed by atoms with E-state index < -0.39 is 0 Å². The number of hydrogen-bond acceptors (Lipinski definition) is 4. The van der Waals surface area contributed by atoms with Gasteiger partial charge in [0, 0.05) is 23.2 Å². The number of hydrogen-bond donors (Lipinski definition) is 1. The number of aryl methyl sites for hydroxylation is 1. The molecule has 1 heterocycles. The summed E-state index contributed by atoms with van der Waals surface area (Å²) in [6, 6.07) is 4.59. The van der Waals surface area contributed by atoms with Crippen molar-refractivity contribution >= 4 is 11.3 Å². The number of nitrogens with zero attached hydrogens (tertiary/aromatic N) is 1. The minimum atomic E-state index is -0.245. The van der Waals surface area contributed by atoms with Gasteiger partial charge in [-0.3, -0.25) is 0 Å². The van der Waals surface area contributed by atoms with E-state index in [2.05, 4.69) is 10.3 Å². The first-order valence-corrected chi connectivity index (χ1v) is 7.10. The van der Waals surface area contributed by atoms with Gasteiger partial charge in [-0.15, -0.1) is 11.3 Å². The van der Waals surface area contributed by atoms with Crippen LogP contribution in [-0.4, -0.2) is 11.5 Å². The molecule has 0 saturated heterocycles. The van der Waals surface area contributed by atoms with Crippen molar-refractivity contribution < 1.29 is 9.13 Å². The summed E-state index contributed by atoms with van der Waals surface area (Å²) in [5, 5.41) is 6.09. The van der Waals surface area contributed by atoms with Gasteiger partial charge in [-0.05, 0) is 31.7 Å². The Morgan fingerprint density at radius 3 is 2.95 bits per heavy atom. The van der Waals surface area contributed by atoms with E-state index >= 15 is 0 Å². The SMILES string of the molecule is CCNCc1cc(F)ccc1OCc1nc(C)cs1. The topological polar surface area (TPSA) is 34.1 Å². The number of halogens is 1. The van der Waals surface area contributed by atoms with E-state index in [-0.39, 0.29) is 5.82 Å². The molecule has 1 aromatic heterocycles. The maximum absolute atomic E-state index is 13.2. The van der Waals surface area contributed by atoms with Gasteiger partial charge in [0.15, 0.2) is 0 Å². The summed E-state index contributed by atoms with van der Waals surface area (Å²) < 4.78 is 19.0. The van der Waals surface area contributed by atoms with Gasteiger partial charge < -0.3 is 10.1 Å². The Morgan fingerprint density at radius 2 is 2.26 bits per heavy atom. The third-order valence-corrected chi connectivity index (χ3v) is 3.55. The molecule has 0 aliphatic carbocycles. The molecule has 0 radical (unpaired) electrons. The van der Waals surface area contributed by atoms with Crippen molar-refractivity contribution in [1.29, 1.82) is 0 Å². The van der Waals surface area contributed by atoms with Crippen molar-refractivity contribution in [2.24, 2.45) is 0 Å². The Balaban J connectivity index is 2.05. The molecule has 0 amide bonds.